The Labute approximate surface area is 89.3 Å². The lowest BCUT2D eigenvalue weighted by Gasteiger charge is -2.05. The van der Waals surface area contributed by atoms with Gasteiger partial charge in [-0.1, -0.05) is 19.8 Å². The molecule has 0 aromatic carbocycles. The average molecular weight is 208 g/mol. The van der Waals surface area contributed by atoms with Crippen molar-refractivity contribution in [3.8, 4) is 5.75 Å². The molecule has 0 spiro atoms. The quantitative estimate of drug-likeness (QED) is 0.724. The molecule has 0 aliphatic carbocycles. The van der Waals surface area contributed by atoms with Crippen LogP contribution in [0.4, 0.5) is 0 Å². The third kappa shape index (κ3) is 3.58. The molecule has 2 N–H and O–H groups in total. The minimum Gasteiger partial charge on any atom is -0.505 e. The van der Waals surface area contributed by atoms with Gasteiger partial charge in [0, 0.05) is 12.7 Å². The second-order valence-electron chi connectivity index (χ2n) is 3.36. The smallest absolute Gasteiger partial charge is 0.255 e. The number of rotatable bonds is 5. The van der Waals surface area contributed by atoms with Gasteiger partial charge in [0.2, 0.25) is 0 Å². The maximum Gasteiger partial charge on any atom is 0.255 e. The maximum atomic E-state index is 11.5. The summed E-state index contributed by atoms with van der Waals surface area (Å²) in [5.74, 6) is -0.323. The van der Waals surface area contributed by atoms with E-state index in [-0.39, 0.29) is 17.2 Å². The predicted molar refractivity (Wildman–Crippen MR) is 57.8 cm³/mol. The molecule has 1 aromatic heterocycles. The van der Waals surface area contributed by atoms with E-state index in [4.69, 9.17) is 0 Å². The van der Waals surface area contributed by atoms with E-state index in [1.165, 1.54) is 18.5 Å². The summed E-state index contributed by atoms with van der Waals surface area (Å²) in [6, 6.07) is 1.50. The number of aromatic nitrogens is 1. The first-order valence-electron chi connectivity index (χ1n) is 5.17. The lowest BCUT2D eigenvalue weighted by atomic mass is 10.2. The number of unbranched alkanes of at least 4 members (excludes halogenated alkanes) is 2. The van der Waals surface area contributed by atoms with Crippen LogP contribution in [-0.4, -0.2) is 22.5 Å². The van der Waals surface area contributed by atoms with E-state index >= 15 is 0 Å². The molecule has 0 aliphatic rings. The van der Waals surface area contributed by atoms with Crippen LogP contribution < -0.4 is 5.32 Å². The van der Waals surface area contributed by atoms with Crippen LogP contribution in [0.2, 0.25) is 0 Å². The van der Waals surface area contributed by atoms with Gasteiger partial charge in [-0.2, -0.15) is 0 Å². The molecule has 15 heavy (non-hydrogen) atoms. The van der Waals surface area contributed by atoms with Gasteiger partial charge in [-0.05, 0) is 12.5 Å². The molecule has 82 valence electrons. The Kier molecular flexibility index (Phi) is 4.60. The summed E-state index contributed by atoms with van der Waals surface area (Å²) in [5.41, 5.74) is 0.279. The van der Waals surface area contributed by atoms with Crippen LogP contribution in [-0.2, 0) is 0 Å². The van der Waals surface area contributed by atoms with Gasteiger partial charge in [-0.15, -0.1) is 0 Å². The molecule has 1 aromatic rings. The first-order chi connectivity index (χ1) is 7.25. The molecule has 1 heterocycles. The Bertz CT molecular complexity index is 326. The van der Waals surface area contributed by atoms with Gasteiger partial charge in [0.05, 0.1) is 11.8 Å². The topological polar surface area (TPSA) is 62.2 Å². The van der Waals surface area contributed by atoms with Crippen molar-refractivity contribution in [3.05, 3.63) is 24.0 Å². The van der Waals surface area contributed by atoms with E-state index in [0.29, 0.717) is 6.54 Å². The Hall–Kier alpha value is -1.58. The van der Waals surface area contributed by atoms with E-state index < -0.39 is 0 Å². The Morgan fingerprint density at radius 1 is 1.53 bits per heavy atom. The van der Waals surface area contributed by atoms with Crippen molar-refractivity contribution in [3.63, 3.8) is 0 Å². The van der Waals surface area contributed by atoms with Crippen molar-refractivity contribution in [2.75, 3.05) is 6.54 Å². The predicted octanol–water partition coefficient (Wildman–Crippen LogP) is 1.71. The molecule has 0 atom stereocenters. The molecule has 0 bridgehead atoms. The van der Waals surface area contributed by atoms with Crippen molar-refractivity contribution < 1.29 is 9.90 Å². The average Bonchev–Trinajstić information content (AvgIpc) is 2.25. The SMILES string of the molecule is CCCCCNC(=O)c1ccncc1O. The van der Waals surface area contributed by atoms with E-state index in [1.54, 1.807) is 0 Å². The molecule has 4 heteroatoms. The zero-order valence-corrected chi connectivity index (χ0v) is 8.86. The first-order valence-corrected chi connectivity index (χ1v) is 5.17. The van der Waals surface area contributed by atoms with Crippen molar-refractivity contribution in [1.29, 1.82) is 0 Å². The Morgan fingerprint density at radius 3 is 3.00 bits per heavy atom. The number of hydrogen-bond donors (Lipinski definition) is 2. The molecule has 1 rings (SSSR count). The van der Waals surface area contributed by atoms with Crippen LogP contribution in [0.1, 0.15) is 36.5 Å². The largest absolute Gasteiger partial charge is 0.505 e. The van der Waals surface area contributed by atoms with Gasteiger partial charge in [0.15, 0.2) is 0 Å². The monoisotopic (exact) mass is 208 g/mol. The van der Waals surface area contributed by atoms with Crippen LogP contribution in [0.15, 0.2) is 18.5 Å². The van der Waals surface area contributed by atoms with E-state index in [0.717, 1.165) is 19.3 Å². The number of hydrogen-bond acceptors (Lipinski definition) is 3. The molecule has 0 radical (unpaired) electrons. The van der Waals surface area contributed by atoms with Crippen molar-refractivity contribution in [1.82, 2.24) is 10.3 Å². The second-order valence-corrected chi connectivity index (χ2v) is 3.36. The van der Waals surface area contributed by atoms with Gasteiger partial charge in [0.1, 0.15) is 5.75 Å². The number of aromatic hydroxyl groups is 1. The highest BCUT2D eigenvalue weighted by Crippen LogP contribution is 2.13. The van der Waals surface area contributed by atoms with Crippen LogP contribution in [0.3, 0.4) is 0 Å². The van der Waals surface area contributed by atoms with Gasteiger partial charge in [-0.3, -0.25) is 9.78 Å². The Balaban J connectivity index is 2.44. The van der Waals surface area contributed by atoms with Gasteiger partial charge < -0.3 is 10.4 Å². The van der Waals surface area contributed by atoms with Gasteiger partial charge in [0.25, 0.3) is 5.91 Å². The maximum absolute atomic E-state index is 11.5. The molecule has 1 amide bonds. The minimum atomic E-state index is -0.244. The number of nitrogens with one attached hydrogen (secondary N) is 1. The van der Waals surface area contributed by atoms with Crippen molar-refractivity contribution >= 4 is 5.91 Å². The first kappa shape index (κ1) is 11.5. The molecular formula is C11H16N2O2. The molecule has 0 saturated heterocycles. The summed E-state index contributed by atoms with van der Waals surface area (Å²) in [6.45, 7) is 2.75. The molecule has 0 saturated carbocycles. The number of nitrogens with zero attached hydrogens (tertiary/aromatic N) is 1. The molecule has 0 fully saturated rings. The normalized spacial score (nSPS) is 9.93. The van der Waals surface area contributed by atoms with Crippen LogP contribution in [0, 0.1) is 0 Å². The summed E-state index contributed by atoms with van der Waals surface area (Å²) < 4.78 is 0. The van der Waals surface area contributed by atoms with Crippen molar-refractivity contribution in [2.45, 2.75) is 26.2 Å². The van der Waals surface area contributed by atoms with E-state index in [1.807, 2.05) is 0 Å². The van der Waals surface area contributed by atoms with Crippen LogP contribution in [0.5, 0.6) is 5.75 Å². The summed E-state index contributed by atoms with van der Waals surface area (Å²) in [7, 11) is 0. The second kappa shape index (κ2) is 6.01. The lowest BCUT2D eigenvalue weighted by molar-refractivity contribution is 0.0950. The van der Waals surface area contributed by atoms with Crippen LogP contribution >= 0.6 is 0 Å². The molecule has 4 nitrogen and oxygen atoms in total. The van der Waals surface area contributed by atoms with Crippen LogP contribution in [0.25, 0.3) is 0 Å². The fourth-order valence-corrected chi connectivity index (χ4v) is 1.25. The highest BCUT2D eigenvalue weighted by atomic mass is 16.3. The minimum absolute atomic E-state index is 0.0782. The summed E-state index contributed by atoms with van der Waals surface area (Å²) in [5, 5.41) is 12.1. The fraction of sp³-hybridized carbons (Fsp3) is 0.455. The molecule has 0 aliphatic heterocycles. The third-order valence-electron chi connectivity index (χ3n) is 2.11. The zero-order chi connectivity index (χ0) is 11.1. The molecular weight excluding hydrogens is 192 g/mol. The lowest BCUT2D eigenvalue weighted by Crippen LogP contribution is -2.24. The Morgan fingerprint density at radius 2 is 2.33 bits per heavy atom. The number of carbonyl (C=O) groups is 1. The van der Waals surface area contributed by atoms with Gasteiger partial charge >= 0.3 is 0 Å². The summed E-state index contributed by atoms with van der Waals surface area (Å²) >= 11 is 0. The molecule has 0 unspecified atom stereocenters. The number of carbonyl (C=O) groups excluding carboxylic acids is 1. The summed E-state index contributed by atoms with van der Waals surface area (Å²) in [4.78, 5) is 15.2. The third-order valence-corrected chi connectivity index (χ3v) is 2.11. The highest BCUT2D eigenvalue weighted by Gasteiger charge is 2.08. The summed E-state index contributed by atoms with van der Waals surface area (Å²) in [6.07, 6.45) is 5.94. The van der Waals surface area contributed by atoms with E-state index in [2.05, 4.69) is 17.2 Å². The van der Waals surface area contributed by atoms with Crippen molar-refractivity contribution in [2.24, 2.45) is 0 Å². The fourth-order valence-electron chi connectivity index (χ4n) is 1.25. The zero-order valence-electron chi connectivity index (χ0n) is 8.86. The number of pyridine rings is 1. The standard InChI is InChI=1S/C11H16N2O2/c1-2-3-4-6-13-11(15)9-5-7-12-8-10(9)14/h5,7-8,14H,2-4,6H2,1H3,(H,13,15). The number of amides is 1. The highest BCUT2D eigenvalue weighted by molar-refractivity contribution is 5.96. The van der Waals surface area contributed by atoms with Gasteiger partial charge in [-0.25, -0.2) is 0 Å². The van der Waals surface area contributed by atoms with E-state index in [9.17, 15) is 9.90 Å².